The maximum atomic E-state index is 4.48. The number of aromatic nitrogens is 5. The fourth-order valence-corrected chi connectivity index (χ4v) is 2.94. The summed E-state index contributed by atoms with van der Waals surface area (Å²) in [5, 5.41) is 16.6. The number of hydrogen-bond acceptors (Lipinski definition) is 6. The second kappa shape index (κ2) is 5.98. The third kappa shape index (κ3) is 3.26. The molecule has 3 aromatic heterocycles. The average Bonchev–Trinajstić information content (AvgIpc) is 3.00. The second-order valence-corrected chi connectivity index (χ2v) is 7.63. The summed E-state index contributed by atoms with van der Waals surface area (Å²) in [5.41, 5.74) is 1.92. The zero-order valence-electron chi connectivity index (χ0n) is 14.8. The highest BCUT2D eigenvalue weighted by molar-refractivity contribution is 5.45. The van der Waals surface area contributed by atoms with E-state index in [1.165, 1.54) is 0 Å². The third-order valence-electron chi connectivity index (χ3n) is 4.53. The summed E-state index contributed by atoms with van der Waals surface area (Å²) in [4.78, 5) is 6.46. The molecule has 7 nitrogen and oxygen atoms in total. The third-order valence-corrected chi connectivity index (χ3v) is 4.53. The Labute approximate surface area is 147 Å². The van der Waals surface area contributed by atoms with Crippen molar-refractivity contribution in [3.05, 3.63) is 42.4 Å². The first kappa shape index (κ1) is 15.8. The number of nitrogens with one attached hydrogen (secondary N) is 1. The molecular formula is C18H23N7. The first-order valence-corrected chi connectivity index (χ1v) is 8.62. The molecule has 1 aliphatic rings. The quantitative estimate of drug-likeness (QED) is 0.788. The summed E-state index contributed by atoms with van der Waals surface area (Å²) in [6.07, 6.45) is 3.60. The Morgan fingerprint density at radius 3 is 2.68 bits per heavy atom. The number of hydrogen-bond donors (Lipinski definition) is 1. The first-order valence-electron chi connectivity index (χ1n) is 8.62. The van der Waals surface area contributed by atoms with Gasteiger partial charge < -0.3 is 10.2 Å². The van der Waals surface area contributed by atoms with Crippen LogP contribution < -0.4 is 10.2 Å². The fraction of sp³-hybridized carbons (Fsp3) is 0.444. The molecule has 1 N–H and O–H groups in total. The Kier molecular flexibility index (Phi) is 3.78. The normalized spacial score (nSPS) is 15.4. The minimum Gasteiger partial charge on any atom is -0.368 e. The van der Waals surface area contributed by atoms with Gasteiger partial charge in [-0.15, -0.1) is 10.2 Å². The molecular weight excluding hydrogens is 314 g/mol. The van der Waals surface area contributed by atoms with Gasteiger partial charge in [0.15, 0.2) is 11.5 Å². The van der Waals surface area contributed by atoms with E-state index in [0.29, 0.717) is 5.92 Å². The molecule has 4 rings (SSSR count). The van der Waals surface area contributed by atoms with Crippen molar-refractivity contribution in [2.45, 2.75) is 26.2 Å². The molecule has 1 aliphatic heterocycles. The minimum absolute atomic E-state index is 0.0380. The number of anilines is 2. The van der Waals surface area contributed by atoms with E-state index in [1.54, 1.807) is 10.7 Å². The van der Waals surface area contributed by atoms with Gasteiger partial charge in [-0.05, 0) is 24.3 Å². The highest BCUT2D eigenvalue weighted by atomic mass is 15.3. The zero-order chi connectivity index (χ0) is 17.4. The van der Waals surface area contributed by atoms with Gasteiger partial charge in [-0.3, -0.25) is 0 Å². The first-order chi connectivity index (χ1) is 12.0. The van der Waals surface area contributed by atoms with Crippen LogP contribution in [-0.4, -0.2) is 44.4 Å². The van der Waals surface area contributed by atoms with Crippen LogP contribution in [0.3, 0.4) is 0 Å². The van der Waals surface area contributed by atoms with Crippen molar-refractivity contribution >= 4 is 17.3 Å². The highest BCUT2D eigenvalue weighted by Crippen LogP contribution is 2.25. The number of nitrogens with zero attached hydrogens (tertiary/aromatic N) is 6. The maximum Gasteiger partial charge on any atom is 0.153 e. The molecule has 1 saturated heterocycles. The standard InChI is InChI=1S/C18H23N7/c1-18(2,3)14-4-6-17(22-21-14)24-11-13(12-24)10-20-15-5-7-16-19-8-9-25(16)23-15/h4-9,13H,10-12H2,1-3H3,(H,20,23). The van der Waals surface area contributed by atoms with Crippen LogP contribution in [0.2, 0.25) is 0 Å². The number of rotatable bonds is 4. The predicted molar refractivity (Wildman–Crippen MR) is 97.9 cm³/mol. The summed E-state index contributed by atoms with van der Waals surface area (Å²) in [7, 11) is 0. The van der Waals surface area contributed by atoms with Gasteiger partial charge in [0.2, 0.25) is 0 Å². The molecule has 0 atom stereocenters. The van der Waals surface area contributed by atoms with Crippen molar-refractivity contribution in [2.24, 2.45) is 5.92 Å². The highest BCUT2D eigenvalue weighted by Gasteiger charge is 2.28. The van der Waals surface area contributed by atoms with Gasteiger partial charge in [0.1, 0.15) is 5.82 Å². The van der Waals surface area contributed by atoms with Gasteiger partial charge in [0.05, 0.1) is 5.69 Å². The largest absolute Gasteiger partial charge is 0.368 e. The van der Waals surface area contributed by atoms with Crippen LogP contribution in [0, 0.1) is 5.92 Å². The Morgan fingerprint density at radius 2 is 1.96 bits per heavy atom. The summed E-state index contributed by atoms with van der Waals surface area (Å²) >= 11 is 0. The fourth-order valence-electron chi connectivity index (χ4n) is 2.94. The van der Waals surface area contributed by atoms with E-state index in [2.05, 4.69) is 63.4 Å². The van der Waals surface area contributed by atoms with Crippen molar-refractivity contribution in [3.63, 3.8) is 0 Å². The molecule has 0 bridgehead atoms. The van der Waals surface area contributed by atoms with Gasteiger partial charge >= 0.3 is 0 Å². The number of imidazole rings is 1. The van der Waals surface area contributed by atoms with Crippen LogP contribution >= 0.6 is 0 Å². The molecule has 130 valence electrons. The Bertz CT molecular complexity index is 857. The van der Waals surface area contributed by atoms with Crippen LogP contribution in [0.25, 0.3) is 5.65 Å². The summed E-state index contributed by atoms with van der Waals surface area (Å²) in [5.74, 6) is 2.42. The monoisotopic (exact) mass is 337 g/mol. The van der Waals surface area contributed by atoms with Crippen molar-refractivity contribution in [2.75, 3.05) is 29.9 Å². The summed E-state index contributed by atoms with van der Waals surface area (Å²) < 4.78 is 1.78. The van der Waals surface area contributed by atoms with Crippen LogP contribution in [0.4, 0.5) is 11.6 Å². The lowest BCUT2D eigenvalue weighted by Gasteiger charge is -2.40. The SMILES string of the molecule is CC(C)(C)c1ccc(N2CC(CNc3ccc4nccn4n3)C2)nn1. The van der Waals surface area contributed by atoms with Gasteiger partial charge in [0, 0.05) is 43.4 Å². The van der Waals surface area contributed by atoms with Gasteiger partial charge in [0.25, 0.3) is 0 Å². The molecule has 25 heavy (non-hydrogen) atoms. The average molecular weight is 337 g/mol. The van der Waals surface area contributed by atoms with Crippen molar-refractivity contribution in [3.8, 4) is 0 Å². The molecule has 0 spiro atoms. The molecule has 4 heterocycles. The molecule has 1 fully saturated rings. The van der Waals surface area contributed by atoms with Crippen LogP contribution in [0.15, 0.2) is 36.7 Å². The molecule has 3 aromatic rings. The summed E-state index contributed by atoms with van der Waals surface area (Å²) in [6.45, 7) is 9.33. The Balaban J connectivity index is 1.30. The zero-order valence-corrected chi connectivity index (χ0v) is 14.8. The van der Waals surface area contributed by atoms with Gasteiger partial charge in [-0.2, -0.15) is 5.10 Å². The maximum absolute atomic E-state index is 4.48. The lowest BCUT2D eigenvalue weighted by atomic mass is 9.92. The molecule has 0 unspecified atom stereocenters. The van der Waals surface area contributed by atoms with Crippen molar-refractivity contribution in [1.29, 1.82) is 0 Å². The van der Waals surface area contributed by atoms with E-state index in [0.717, 1.165) is 42.6 Å². The van der Waals surface area contributed by atoms with E-state index in [-0.39, 0.29) is 5.41 Å². The van der Waals surface area contributed by atoms with Crippen LogP contribution in [0.1, 0.15) is 26.5 Å². The van der Waals surface area contributed by atoms with Crippen molar-refractivity contribution in [1.82, 2.24) is 24.8 Å². The van der Waals surface area contributed by atoms with E-state index in [4.69, 9.17) is 0 Å². The lowest BCUT2D eigenvalue weighted by molar-refractivity contribution is 0.424. The molecule has 0 aliphatic carbocycles. The number of fused-ring (bicyclic) bond motifs is 1. The van der Waals surface area contributed by atoms with E-state index in [1.807, 2.05) is 18.3 Å². The van der Waals surface area contributed by atoms with Crippen LogP contribution in [-0.2, 0) is 5.41 Å². The Morgan fingerprint density at radius 1 is 1.12 bits per heavy atom. The van der Waals surface area contributed by atoms with E-state index < -0.39 is 0 Å². The lowest BCUT2D eigenvalue weighted by Crippen LogP contribution is -2.50. The topological polar surface area (TPSA) is 71.2 Å². The Hall–Kier alpha value is -2.70. The predicted octanol–water partition coefficient (Wildman–Crippen LogP) is 2.37. The van der Waals surface area contributed by atoms with Crippen LogP contribution in [0.5, 0.6) is 0 Å². The van der Waals surface area contributed by atoms with Gasteiger partial charge in [-0.25, -0.2) is 9.50 Å². The summed E-state index contributed by atoms with van der Waals surface area (Å²) in [6, 6.07) is 8.09. The molecule has 7 heteroatoms. The smallest absolute Gasteiger partial charge is 0.153 e. The molecule has 0 amide bonds. The molecule has 0 aromatic carbocycles. The van der Waals surface area contributed by atoms with Gasteiger partial charge in [-0.1, -0.05) is 20.8 Å². The van der Waals surface area contributed by atoms with Crippen molar-refractivity contribution < 1.29 is 0 Å². The minimum atomic E-state index is 0.0380. The molecule has 0 radical (unpaired) electrons. The molecule has 0 saturated carbocycles. The van der Waals surface area contributed by atoms with E-state index >= 15 is 0 Å². The van der Waals surface area contributed by atoms with E-state index in [9.17, 15) is 0 Å². The second-order valence-electron chi connectivity index (χ2n) is 7.63.